The van der Waals surface area contributed by atoms with Crippen LogP contribution in [-0.4, -0.2) is 0 Å². The summed E-state index contributed by atoms with van der Waals surface area (Å²) in [7, 11) is 0. The Morgan fingerprint density at radius 3 is 1.22 bits per heavy atom. The molecule has 0 nitrogen and oxygen atoms in total. The lowest BCUT2D eigenvalue weighted by Crippen LogP contribution is -2.07. The van der Waals surface area contributed by atoms with Gasteiger partial charge in [-0.05, 0) is 30.1 Å². The van der Waals surface area contributed by atoms with Crippen LogP contribution in [0.5, 0.6) is 0 Å². The molecule has 0 amide bonds. The van der Waals surface area contributed by atoms with Crippen LogP contribution in [0.4, 0.5) is 0 Å². The number of rotatable bonds is 0. The molecule has 1 aliphatic carbocycles. The third-order valence-electron chi connectivity index (χ3n) is 3.37. The molecule has 1 saturated carbocycles. The standard InChI is InChI=1S/C9H18/c1-6-5-7(2)9(4)8(6)3/h6-9H,5H2,1-4H3/t6-,7+,8?,9?. The van der Waals surface area contributed by atoms with Crippen LogP contribution >= 0.6 is 0 Å². The van der Waals surface area contributed by atoms with E-state index in [-0.39, 0.29) is 0 Å². The first kappa shape index (κ1) is 7.11. The third kappa shape index (κ3) is 1.12. The van der Waals surface area contributed by atoms with E-state index in [1.54, 1.807) is 0 Å². The lowest BCUT2D eigenvalue weighted by Gasteiger charge is -2.14. The summed E-state index contributed by atoms with van der Waals surface area (Å²) in [6.45, 7) is 9.53. The van der Waals surface area contributed by atoms with Gasteiger partial charge in [0.2, 0.25) is 0 Å². The first-order chi connectivity index (χ1) is 4.13. The van der Waals surface area contributed by atoms with Crippen molar-refractivity contribution in [1.82, 2.24) is 0 Å². The maximum absolute atomic E-state index is 2.39. The summed E-state index contributed by atoms with van der Waals surface area (Å²) in [5, 5.41) is 0. The van der Waals surface area contributed by atoms with Gasteiger partial charge in [0.1, 0.15) is 0 Å². The van der Waals surface area contributed by atoms with E-state index in [4.69, 9.17) is 0 Å². The molecule has 0 aromatic rings. The van der Waals surface area contributed by atoms with E-state index in [0.717, 1.165) is 23.7 Å². The van der Waals surface area contributed by atoms with E-state index in [2.05, 4.69) is 27.7 Å². The van der Waals surface area contributed by atoms with Gasteiger partial charge in [-0.2, -0.15) is 0 Å². The molecule has 0 bridgehead atoms. The van der Waals surface area contributed by atoms with E-state index in [1.807, 2.05) is 0 Å². The van der Waals surface area contributed by atoms with E-state index < -0.39 is 0 Å². The Bertz CT molecular complexity index is 84.2. The van der Waals surface area contributed by atoms with Gasteiger partial charge in [-0.15, -0.1) is 0 Å². The molecule has 0 aliphatic heterocycles. The fraction of sp³-hybridized carbons (Fsp3) is 1.00. The van der Waals surface area contributed by atoms with Gasteiger partial charge in [0, 0.05) is 0 Å². The van der Waals surface area contributed by atoms with Gasteiger partial charge >= 0.3 is 0 Å². The molecule has 0 heteroatoms. The fourth-order valence-electron chi connectivity index (χ4n) is 2.05. The Balaban J connectivity index is 2.54. The zero-order chi connectivity index (χ0) is 7.02. The Hall–Kier alpha value is 0. The molecular weight excluding hydrogens is 108 g/mol. The molecule has 4 atom stereocenters. The highest BCUT2D eigenvalue weighted by Gasteiger charge is 2.31. The van der Waals surface area contributed by atoms with E-state index in [9.17, 15) is 0 Å². The number of hydrogen-bond donors (Lipinski definition) is 0. The largest absolute Gasteiger partial charge is 0.0622 e. The molecule has 1 fully saturated rings. The van der Waals surface area contributed by atoms with Crippen LogP contribution in [0.2, 0.25) is 0 Å². The van der Waals surface area contributed by atoms with Crippen molar-refractivity contribution >= 4 is 0 Å². The average Bonchev–Trinajstić information content (AvgIpc) is 1.98. The second-order valence-corrected chi connectivity index (χ2v) is 3.91. The molecule has 0 saturated heterocycles. The van der Waals surface area contributed by atoms with Crippen molar-refractivity contribution in [3.8, 4) is 0 Å². The van der Waals surface area contributed by atoms with Crippen LogP contribution in [0.1, 0.15) is 34.1 Å². The molecule has 0 N–H and O–H groups in total. The molecule has 1 rings (SSSR count). The van der Waals surface area contributed by atoms with Gasteiger partial charge in [-0.1, -0.05) is 27.7 Å². The zero-order valence-electron chi connectivity index (χ0n) is 7.02. The van der Waals surface area contributed by atoms with Gasteiger partial charge in [0.05, 0.1) is 0 Å². The van der Waals surface area contributed by atoms with Gasteiger partial charge < -0.3 is 0 Å². The number of hydrogen-bond acceptors (Lipinski definition) is 0. The minimum Gasteiger partial charge on any atom is -0.0622 e. The van der Waals surface area contributed by atoms with Crippen molar-refractivity contribution in [2.45, 2.75) is 34.1 Å². The second kappa shape index (κ2) is 2.32. The second-order valence-electron chi connectivity index (χ2n) is 3.91. The van der Waals surface area contributed by atoms with Crippen molar-refractivity contribution in [3.05, 3.63) is 0 Å². The van der Waals surface area contributed by atoms with Gasteiger partial charge in [0.15, 0.2) is 0 Å². The monoisotopic (exact) mass is 126 g/mol. The maximum atomic E-state index is 2.39. The molecule has 1 aliphatic rings. The average molecular weight is 126 g/mol. The molecule has 2 unspecified atom stereocenters. The first-order valence-corrected chi connectivity index (χ1v) is 4.13. The van der Waals surface area contributed by atoms with Crippen molar-refractivity contribution in [2.24, 2.45) is 23.7 Å². The Morgan fingerprint density at radius 2 is 1.11 bits per heavy atom. The topological polar surface area (TPSA) is 0 Å². The summed E-state index contributed by atoms with van der Waals surface area (Å²) in [6.07, 6.45) is 1.45. The zero-order valence-corrected chi connectivity index (χ0v) is 7.02. The molecule has 0 radical (unpaired) electrons. The first-order valence-electron chi connectivity index (χ1n) is 4.13. The SMILES string of the molecule is CC1C(C)[C@@H](C)C[C@H]1C. The van der Waals surface area contributed by atoms with Crippen molar-refractivity contribution in [1.29, 1.82) is 0 Å². The molecule has 0 heterocycles. The minimum absolute atomic E-state index is 0.958. The molecule has 0 aromatic heterocycles. The summed E-state index contributed by atoms with van der Waals surface area (Å²) < 4.78 is 0. The van der Waals surface area contributed by atoms with Gasteiger partial charge in [-0.25, -0.2) is 0 Å². The van der Waals surface area contributed by atoms with E-state index in [0.29, 0.717) is 0 Å². The van der Waals surface area contributed by atoms with E-state index in [1.165, 1.54) is 6.42 Å². The lowest BCUT2D eigenvalue weighted by molar-refractivity contribution is 0.352. The maximum Gasteiger partial charge on any atom is -0.0389 e. The van der Waals surface area contributed by atoms with Gasteiger partial charge in [-0.3, -0.25) is 0 Å². The summed E-state index contributed by atoms with van der Waals surface area (Å²) in [5.74, 6) is 3.85. The van der Waals surface area contributed by atoms with Gasteiger partial charge in [0.25, 0.3) is 0 Å². The third-order valence-corrected chi connectivity index (χ3v) is 3.37. The van der Waals surface area contributed by atoms with Crippen molar-refractivity contribution in [2.75, 3.05) is 0 Å². The van der Waals surface area contributed by atoms with E-state index >= 15 is 0 Å². The summed E-state index contributed by atoms with van der Waals surface area (Å²) >= 11 is 0. The summed E-state index contributed by atoms with van der Waals surface area (Å²) in [6, 6.07) is 0. The van der Waals surface area contributed by atoms with Crippen LogP contribution < -0.4 is 0 Å². The van der Waals surface area contributed by atoms with Crippen LogP contribution in [0.25, 0.3) is 0 Å². The minimum atomic E-state index is 0.958. The molecule has 9 heavy (non-hydrogen) atoms. The predicted molar refractivity (Wildman–Crippen MR) is 41.3 cm³/mol. The normalized spacial score (nSPS) is 52.0. The predicted octanol–water partition coefficient (Wildman–Crippen LogP) is 2.93. The lowest BCUT2D eigenvalue weighted by atomic mass is 9.92. The highest BCUT2D eigenvalue weighted by molar-refractivity contribution is 4.81. The quantitative estimate of drug-likeness (QED) is 0.468. The molecular formula is C9H18. The highest BCUT2D eigenvalue weighted by Crippen LogP contribution is 2.40. The summed E-state index contributed by atoms with van der Waals surface area (Å²) in [4.78, 5) is 0. The van der Waals surface area contributed by atoms with Crippen molar-refractivity contribution < 1.29 is 0 Å². The van der Waals surface area contributed by atoms with Crippen LogP contribution in [0, 0.1) is 23.7 Å². The Morgan fingerprint density at radius 1 is 0.778 bits per heavy atom. The highest BCUT2D eigenvalue weighted by atomic mass is 14.4. The van der Waals surface area contributed by atoms with Crippen LogP contribution in [0.15, 0.2) is 0 Å². The molecule has 54 valence electrons. The molecule has 0 aromatic carbocycles. The molecule has 0 spiro atoms. The Kier molecular flexibility index (Phi) is 1.83. The van der Waals surface area contributed by atoms with Crippen molar-refractivity contribution in [3.63, 3.8) is 0 Å². The Labute approximate surface area is 58.7 Å². The fourth-order valence-corrected chi connectivity index (χ4v) is 2.05. The van der Waals surface area contributed by atoms with Crippen LogP contribution in [0.3, 0.4) is 0 Å². The summed E-state index contributed by atoms with van der Waals surface area (Å²) in [5.41, 5.74) is 0. The smallest absolute Gasteiger partial charge is 0.0389 e. The van der Waals surface area contributed by atoms with Crippen LogP contribution in [-0.2, 0) is 0 Å².